The molecule has 1 aliphatic carbocycles. The molecule has 0 saturated carbocycles. The minimum Gasteiger partial charge on any atom is -0.0797 e. The average Bonchev–Trinajstić information content (AvgIpc) is 2.02. The normalized spacial score (nSPS) is 27.1. The molecule has 0 aliphatic heterocycles. The summed E-state index contributed by atoms with van der Waals surface area (Å²) in [7, 11) is 0. The first kappa shape index (κ1) is 10.8. The molecule has 0 bridgehead atoms. The first-order valence-electron chi connectivity index (χ1n) is 5.74. The SMILES string of the molecule is CCCCC1CCC(C)(C)C=C1C. The molecule has 0 aromatic rings. The molecule has 1 aliphatic rings. The molecule has 1 unspecified atom stereocenters. The second kappa shape index (κ2) is 4.30. The highest BCUT2D eigenvalue weighted by Gasteiger charge is 2.24. The minimum absolute atomic E-state index is 0.465. The Balaban J connectivity index is 2.52. The Bertz CT molecular complexity index is 186. The summed E-state index contributed by atoms with van der Waals surface area (Å²) in [6.07, 6.45) is 9.43. The van der Waals surface area contributed by atoms with Gasteiger partial charge in [-0.3, -0.25) is 0 Å². The fourth-order valence-corrected chi connectivity index (χ4v) is 2.40. The van der Waals surface area contributed by atoms with Gasteiger partial charge in [0.1, 0.15) is 0 Å². The second-order valence-electron chi connectivity index (χ2n) is 5.25. The highest BCUT2D eigenvalue weighted by atomic mass is 14.3. The number of rotatable bonds is 3. The lowest BCUT2D eigenvalue weighted by atomic mass is 9.74. The van der Waals surface area contributed by atoms with Gasteiger partial charge in [-0.15, -0.1) is 0 Å². The van der Waals surface area contributed by atoms with E-state index < -0.39 is 0 Å². The van der Waals surface area contributed by atoms with Gasteiger partial charge in [0.2, 0.25) is 0 Å². The van der Waals surface area contributed by atoms with Crippen LogP contribution < -0.4 is 0 Å². The maximum Gasteiger partial charge on any atom is -0.0172 e. The van der Waals surface area contributed by atoms with E-state index in [2.05, 4.69) is 33.8 Å². The fraction of sp³-hybridized carbons (Fsp3) is 0.846. The summed E-state index contributed by atoms with van der Waals surface area (Å²) in [6.45, 7) is 9.31. The van der Waals surface area contributed by atoms with Crippen molar-refractivity contribution in [3.63, 3.8) is 0 Å². The predicted molar refractivity (Wildman–Crippen MR) is 59.8 cm³/mol. The standard InChI is InChI=1S/C13H24/c1-5-6-7-12-8-9-13(3,4)10-11(12)2/h10,12H,5-9H2,1-4H3. The van der Waals surface area contributed by atoms with Gasteiger partial charge in [0.25, 0.3) is 0 Å². The predicted octanol–water partition coefficient (Wildman–Crippen LogP) is 4.56. The highest BCUT2D eigenvalue weighted by molar-refractivity contribution is 5.12. The van der Waals surface area contributed by atoms with Crippen molar-refractivity contribution in [3.8, 4) is 0 Å². The zero-order chi connectivity index (χ0) is 9.90. The smallest absolute Gasteiger partial charge is 0.0172 e. The highest BCUT2D eigenvalue weighted by Crippen LogP contribution is 2.38. The van der Waals surface area contributed by atoms with E-state index >= 15 is 0 Å². The van der Waals surface area contributed by atoms with Crippen molar-refractivity contribution in [1.29, 1.82) is 0 Å². The molecule has 0 nitrogen and oxygen atoms in total. The van der Waals surface area contributed by atoms with Crippen LogP contribution >= 0.6 is 0 Å². The van der Waals surface area contributed by atoms with Gasteiger partial charge in [-0.2, -0.15) is 0 Å². The van der Waals surface area contributed by atoms with Crippen LogP contribution in [0.3, 0.4) is 0 Å². The summed E-state index contributed by atoms with van der Waals surface area (Å²) in [5, 5.41) is 0. The van der Waals surface area contributed by atoms with E-state index in [4.69, 9.17) is 0 Å². The molecular weight excluding hydrogens is 156 g/mol. The summed E-state index contributed by atoms with van der Waals surface area (Å²) >= 11 is 0. The summed E-state index contributed by atoms with van der Waals surface area (Å²) in [4.78, 5) is 0. The zero-order valence-corrected chi connectivity index (χ0v) is 9.69. The van der Waals surface area contributed by atoms with Crippen molar-refractivity contribution in [2.45, 2.75) is 59.8 Å². The molecule has 1 atom stereocenters. The van der Waals surface area contributed by atoms with Crippen LogP contribution in [0.2, 0.25) is 0 Å². The molecule has 76 valence electrons. The number of allylic oxidation sites excluding steroid dienone is 2. The first-order chi connectivity index (χ1) is 6.05. The van der Waals surface area contributed by atoms with Crippen molar-refractivity contribution in [2.24, 2.45) is 11.3 Å². The molecule has 0 saturated heterocycles. The first-order valence-corrected chi connectivity index (χ1v) is 5.74. The molecule has 0 N–H and O–H groups in total. The lowest BCUT2D eigenvalue weighted by molar-refractivity contribution is 0.332. The van der Waals surface area contributed by atoms with Crippen LogP contribution in [0.1, 0.15) is 59.8 Å². The van der Waals surface area contributed by atoms with E-state index in [0.29, 0.717) is 5.41 Å². The lowest BCUT2D eigenvalue weighted by Gasteiger charge is -2.32. The van der Waals surface area contributed by atoms with Gasteiger partial charge in [-0.05, 0) is 37.5 Å². The van der Waals surface area contributed by atoms with Crippen LogP contribution in [0.4, 0.5) is 0 Å². The largest absolute Gasteiger partial charge is 0.0797 e. The quantitative estimate of drug-likeness (QED) is 0.558. The molecule has 13 heavy (non-hydrogen) atoms. The summed E-state index contributed by atoms with van der Waals surface area (Å²) in [5.74, 6) is 0.896. The van der Waals surface area contributed by atoms with E-state index in [9.17, 15) is 0 Å². The molecule has 0 fully saturated rings. The Kier molecular flexibility index (Phi) is 3.58. The van der Waals surface area contributed by atoms with E-state index in [-0.39, 0.29) is 0 Å². The van der Waals surface area contributed by atoms with Crippen LogP contribution in [0, 0.1) is 11.3 Å². The molecule has 0 spiro atoms. The molecule has 1 rings (SSSR count). The maximum atomic E-state index is 2.50. The van der Waals surface area contributed by atoms with Gasteiger partial charge in [0.15, 0.2) is 0 Å². The second-order valence-corrected chi connectivity index (χ2v) is 5.25. The van der Waals surface area contributed by atoms with Crippen molar-refractivity contribution < 1.29 is 0 Å². The lowest BCUT2D eigenvalue weighted by Crippen LogP contribution is -2.18. The van der Waals surface area contributed by atoms with Crippen molar-refractivity contribution in [2.75, 3.05) is 0 Å². The van der Waals surface area contributed by atoms with E-state index in [1.54, 1.807) is 5.57 Å². The molecule has 0 heteroatoms. The van der Waals surface area contributed by atoms with Gasteiger partial charge in [0, 0.05) is 0 Å². The van der Waals surface area contributed by atoms with Gasteiger partial charge in [-0.25, -0.2) is 0 Å². The Hall–Kier alpha value is -0.260. The number of unbranched alkanes of at least 4 members (excludes halogenated alkanes) is 1. The van der Waals surface area contributed by atoms with Gasteiger partial charge >= 0.3 is 0 Å². The molecule has 0 heterocycles. The molecule has 0 aromatic carbocycles. The van der Waals surface area contributed by atoms with Gasteiger partial charge in [-0.1, -0.05) is 45.3 Å². The van der Waals surface area contributed by atoms with Gasteiger partial charge < -0.3 is 0 Å². The third kappa shape index (κ3) is 3.17. The third-order valence-corrected chi connectivity index (χ3v) is 3.31. The Morgan fingerprint density at radius 1 is 1.46 bits per heavy atom. The Morgan fingerprint density at radius 2 is 2.15 bits per heavy atom. The molecular formula is C13H24. The van der Waals surface area contributed by atoms with Crippen molar-refractivity contribution in [1.82, 2.24) is 0 Å². The van der Waals surface area contributed by atoms with E-state index in [1.807, 2.05) is 0 Å². The van der Waals surface area contributed by atoms with Crippen LogP contribution in [-0.4, -0.2) is 0 Å². The summed E-state index contributed by atoms with van der Waals surface area (Å²) in [5.41, 5.74) is 2.11. The maximum absolute atomic E-state index is 2.50. The summed E-state index contributed by atoms with van der Waals surface area (Å²) in [6, 6.07) is 0. The molecule has 0 radical (unpaired) electrons. The Morgan fingerprint density at radius 3 is 2.69 bits per heavy atom. The zero-order valence-electron chi connectivity index (χ0n) is 9.69. The topological polar surface area (TPSA) is 0 Å². The van der Waals surface area contributed by atoms with Crippen molar-refractivity contribution in [3.05, 3.63) is 11.6 Å². The van der Waals surface area contributed by atoms with Crippen LogP contribution in [0.25, 0.3) is 0 Å². The minimum atomic E-state index is 0.465. The average molecular weight is 180 g/mol. The fourth-order valence-electron chi connectivity index (χ4n) is 2.40. The Labute approximate surface area is 83.4 Å². The van der Waals surface area contributed by atoms with Crippen molar-refractivity contribution >= 4 is 0 Å². The monoisotopic (exact) mass is 180 g/mol. The van der Waals surface area contributed by atoms with Gasteiger partial charge in [0.05, 0.1) is 0 Å². The van der Waals surface area contributed by atoms with Crippen LogP contribution in [0.15, 0.2) is 11.6 Å². The number of hydrogen-bond acceptors (Lipinski definition) is 0. The molecule has 0 aromatic heterocycles. The third-order valence-electron chi connectivity index (χ3n) is 3.31. The van der Waals surface area contributed by atoms with E-state index in [1.165, 1.54) is 32.1 Å². The van der Waals surface area contributed by atoms with Crippen LogP contribution in [-0.2, 0) is 0 Å². The van der Waals surface area contributed by atoms with Crippen LogP contribution in [0.5, 0.6) is 0 Å². The number of hydrogen-bond donors (Lipinski definition) is 0. The summed E-state index contributed by atoms with van der Waals surface area (Å²) < 4.78 is 0. The van der Waals surface area contributed by atoms with E-state index in [0.717, 1.165) is 5.92 Å². The molecule has 0 amide bonds.